The Balaban J connectivity index is 1.60. The summed E-state index contributed by atoms with van der Waals surface area (Å²) >= 11 is 0. The molecule has 2 aliphatic rings. The Hall–Kier alpha value is -1.02. The van der Waals surface area contributed by atoms with Gasteiger partial charge in [-0.05, 0) is 80.8 Å². The summed E-state index contributed by atoms with van der Waals surface area (Å²) in [7, 11) is 2.24. The van der Waals surface area contributed by atoms with Crippen LogP contribution in [0.4, 0.5) is 5.69 Å². The maximum absolute atomic E-state index is 3.46. The van der Waals surface area contributed by atoms with E-state index in [9.17, 15) is 0 Å². The van der Waals surface area contributed by atoms with Gasteiger partial charge in [-0.2, -0.15) is 0 Å². The molecule has 1 aliphatic carbocycles. The maximum atomic E-state index is 3.46. The Morgan fingerprint density at radius 1 is 1.21 bits per heavy atom. The first kappa shape index (κ1) is 13.0. The molecule has 1 N–H and O–H groups in total. The fourth-order valence-corrected chi connectivity index (χ4v) is 3.42. The van der Waals surface area contributed by atoms with Gasteiger partial charge < -0.3 is 10.2 Å². The number of anilines is 1. The quantitative estimate of drug-likeness (QED) is 0.893. The number of nitrogens with one attached hydrogen (secondary N) is 1. The van der Waals surface area contributed by atoms with Crippen molar-refractivity contribution in [2.75, 3.05) is 31.6 Å². The van der Waals surface area contributed by atoms with Crippen molar-refractivity contribution in [3.63, 3.8) is 0 Å². The van der Waals surface area contributed by atoms with Gasteiger partial charge in [0, 0.05) is 19.3 Å². The van der Waals surface area contributed by atoms with Gasteiger partial charge in [0.25, 0.3) is 0 Å². The lowest BCUT2D eigenvalue weighted by atomic mass is 9.91. The Bertz CT molecular complexity index is 421. The van der Waals surface area contributed by atoms with Gasteiger partial charge in [0.15, 0.2) is 0 Å². The number of aryl methyl sites for hydroxylation is 2. The van der Waals surface area contributed by atoms with Crippen LogP contribution in [0.15, 0.2) is 18.2 Å². The van der Waals surface area contributed by atoms with Gasteiger partial charge >= 0.3 is 0 Å². The fraction of sp³-hybridized carbons (Fsp3) is 0.647. The zero-order chi connectivity index (χ0) is 13.1. The van der Waals surface area contributed by atoms with Crippen LogP contribution in [0.5, 0.6) is 0 Å². The van der Waals surface area contributed by atoms with Crippen molar-refractivity contribution in [1.82, 2.24) is 5.32 Å². The standard InChI is InChI=1S/C17H26N2/c1-19(11-9-14-8-10-18-13-14)17-7-6-15-4-2-3-5-16(15)12-17/h6-7,12,14,18H,2-5,8-11,13H2,1H3. The van der Waals surface area contributed by atoms with Crippen LogP contribution < -0.4 is 10.2 Å². The second-order valence-electron chi connectivity index (χ2n) is 6.23. The smallest absolute Gasteiger partial charge is 0.0366 e. The molecular formula is C17H26N2. The van der Waals surface area contributed by atoms with Crippen molar-refractivity contribution in [3.8, 4) is 0 Å². The second-order valence-corrected chi connectivity index (χ2v) is 6.23. The molecule has 1 heterocycles. The molecule has 1 atom stereocenters. The monoisotopic (exact) mass is 258 g/mol. The number of benzene rings is 1. The molecule has 0 spiro atoms. The number of rotatable bonds is 4. The summed E-state index contributed by atoms with van der Waals surface area (Å²) < 4.78 is 0. The third-order valence-corrected chi connectivity index (χ3v) is 4.81. The molecule has 3 rings (SSSR count). The van der Waals surface area contributed by atoms with Crippen molar-refractivity contribution < 1.29 is 0 Å². The minimum Gasteiger partial charge on any atom is -0.375 e. The number of fused-ring (bicyclic) bond motifs is 1. The largest absolute Gasteiger partial charge is 0.375 e. The summed E-state index contributed by atoms with van der Waals surface area (Å²) in [6, 6.07) is 7.11. The first-order chi connectivity index (χ1) is 9.33. The number of nitrogens with zero attached hydrogens (tertiary/aromatic N) is 1. The topological polar surface area (TPSA) is 15.3 Å². The summed E-state index contributed by atoms with van der Waals surface area (Å²) in [6.45, 7) is 3.62. The third-order valence-electron chi connectivity index (χ3n) is 4.81. The molecular weight excluding hydrogens is 232 g/mol. The van der Waals surface area contributed by atoms with Crippen LogP contribution in [0.1, 0.15) is 36.8 Å². The van der Waals surface area contributed by atoms with Crippen LogP contribution in [-0.2, 0) is 12.8 Å². The van der Waals surface area contributed by atoms with Crippen molar-refractivity contribution in [1.29, 1.82) is 0 Å². The molecule has 0 aromatic heterocycles. The zero-order valence-corrected chi connectivity index (χ0v) is 12.1. The van der Waals surface area contributed by atoms with E-state index in [4.69, 9.17) is 0 Å². The van der Waals surface area contributed by atoms with E-state index in [2.05, 4.69) is 35.5 Å². The minimum absolute atomic E-state index is 0.889. The van der Waals surface area contributed by atoms with Crippen LogP contribution in [0, 0.1) is 5.92 Å². The normalized spacial score (nSPS) is 22.3. The molecule has 2 heteroatoms. The molecule has 19 heavy (non-hydrogen) atoms. The van der Waals surface area contributed by atoms with E-state index in [-0.39, 0.29) is 0 Å². The molecule has 1 unspecified atom stereocenters. The van der Waals surface area contributed by atoms with Gasteiger partial charge in [0.05, 0.1) is 0 Å². The minimum atomic E-state index is 0.889. The Morgan fingerprint density at radius 3 is 2.84 bits per heavy atom. The summed E-state index contributed by atoms with van der Waals surface area (Å²) in [4.78, 5) is 2.44. The van der Waals surface area contributed by atoms with Crippen molar-refractivity contribution in [2.45, 2.75) is 38.5 Å². The van der Waals surface area contributed by atoms with Crippen LogP contribution >= 0.6 is 0 Å². The molecule has 2 nitrogen and oxygen atoms in total. The molecule has 0 amide bonds. The SMILES string of the molecule is CN(CCC1CCNC1)c1ccc2c(c1)CCCC2. The lowest BCUT2D eigenvalue weighted by Gasteiger charge is -2.24. The van der Waals surface area contributed by atoms with Gasteiger partial charge in [0.1, 0.15) is 0 Å². The van der Waals surface area contributed by atoms with E-state index in [1.54, 1.807) is 11.1 Å². The molecule has 1 aromatic rings. The predicted octanol–water partition coefficient (Wildman–Crippen LogP) is 3.00. The van der Waals surface area contributed by atoms with Crippen LogP contribution in [-0.4, -0.2) is 26.7 Å². The van der Waals surface area contributed by atoms with E-state index in [1.807, 2.05) is 0 Å². The fourth-order valence-electron chi connectivity index (χ4n) is 3.42. The zero-order valence-electron chi connectivity index (χ0n) is 12.1. The van der Waals surface area contributed by atoms with Gasteiger partial charge in [-0.3, -0.25) is 0 Å². The van der Waals surface area contributed by atoms with Gasteiger partial charge in [-0.1, -0.05) is 6.07 Å². The van der Waals surface area contributed by atoms with Crippen LogP contribution in [0.2, 0.25) is 0 Å². The third kappa shape index (κ3) is 3.11. The van der Waals surface area contributed by atoms with Gasteiger partial charge in [0.2, 0.25) is 0 Å². The average Bonchev–Trinajstić information content (AvgIpc) is 2.97. The first-order valence-corrected chi connectivity index (χ1v) is 7.86. The van der Waals surface area contributed by atoms with Gasteiger partial charge in [-0.25, -0.2) is 0 Å². The molecule has 1 aromatic carbocycles. The molecule has 0 saturated carbocycles. The molecule has 104 valence electrons. The van der Waals surface area contributed by atoms with Crippen LogP contribution in [0.25, 0.3) is 0 Å². The molecule has 1 aliphatic heterocycles. The molecule has 0 radical (unpaired) electrons. The van der Waals surface area contributed by atoms with E-state index in [0.29, 0.717) is 0 Å². The summed E-state index contributed by atoms with van der Waals surface area (Å²) in [5.74, 6) is 0.889. The van der Waals surface area contributed by atoms with Crippen molar-refractivity contribution >= 4 is 5.69 Å². The first-order valence-electron chi connectivity index (χ1n) is 7.86. The van der Waals surface area contributed by atoms with E-state index in [0.717, 1.165) is 5.92 Å². The molecule has 1 fully saturated rings. The average molecular weight is 258 g/mol. The Kier molecular flexibility index (Phi) is 4.07. The van der Waals surface area contributed by atoms with Crippen molar-refractivity contribution in [2.24, 2.45) is 5.92 Å². The van der Waals surface area contributed by atoms with Crippen LogP contribution in [0.3, 0.4) is 0 Å². The van der Waals surface area contributed by atoms with Gasteiger partial charge in [-0.15, -0.1) is 0 Å². The van der Waals surface area contributed by atoms with E-state index in [1.165, 1.54) is 63.8 Å². The molecule has 1 saturated heterocycles. The Morgan fingerprint density at radius 2 is 2.05 bits per heavy atom. The lowest BCUT2D eigenvalue weighted by Crippen LogP contribution is -2.22. The lowest BCUT2D eigenvalue weighted by molar-refractivity contribution is 0.533. The number of hydrogen-bond acceptors (Lipinski definition) is 2. The maximum Gasteiger partial charge on any atom is 0.0366 e. The highest BCUT2D eigenvalue weighted by Gasteiger charge is 2.15. The number of hydrogen-bond donors (Lipinski definition) is 1. The van der Waals surface area contributed by atoms with E-state index < -0.39 is 0 Å². The second kappa shape index (κ2) is 5.96. The molecule has 0 bridgehead atoms. The van der Waals surface area contributed by atoms with E-state index >= 15 is 0 Å². The highest BCUT2D eigenvalue weighted by Crippen LogP contribution is 2.26. The Labute approximate surface area is 117 Å². The highest BCUT2D eigenvalue weighted by atomic mass is 15.1. The summed E-state index contributed by atoms with van der Waals surface area (Å²) in [5.41, 5.74) is 4.59. The predicted molar refractivity (Wildman–Crippen MR) is 81.9 cm³/mol. The van der Waals surface area contributed by atoms with Crippen molar-refractivity contribution in [3.05, 3.63) is 29.3 Å². The highest BCUT2D eigenvalue weighted by molar-refractivity contribution is 5.51. The summed E-state index contributed by atoms with van der Waals surface area (Å²) in [6.07, 6.45) is 7.99. The summed E-state index contributed by atoms with van der Waals surface area (Å²) in [5, 5.41) is 3.46.